The number of para-hydroxylation sites is 1. The summed E-state index contributed by atoms with van der Waals surface area (Å²) >= 11 is 0. The van der Waals surface area contributed by atoms with E-state index in [1.54, 1.807) is 36.5 Å². The summed E-state index contributed by atoms with van der Waals surface area (Å²) < 4.78 is 0. The van der Waals surface area contributed by atoms with Crippen LogP contribution in [0.15, 0.2) is 65.9 Å². The summed E-state index contributed by atoms with van der Waals surface area (Å²) in [5.41, 5.74) is 16.3. The number of aliphatic carboxylic acids is 1. The Morgan fingerprint density at radius 3 is 2.15 bits per heavy atom. The molecule has 0 aliphatic heterocycles. The summed E-state index contributed by atoms with van der Waals surface area (Å²) in [4.78, 5) is 83.7. The maximum Gasteiger partial charge on any atom is 0.305 e. The van der Waals surface area contributed by atoms with Crippen LogP contribution in [0, 0.1) is 0 Å². The van der Waals surface area contributed by atoms with E-state index in [-0.39, 0.29) is 31.6 Å². The average Bonchev–Trinajstić information content (AvgIpc) is 3.53. The largest absolute Gasteiger partial charge is 0.481 e. The van der Waals surface area contributed by atoms with Crippen molar-refractivity contribution >= 4 is 46.4 Å². The Bertz CT molecular complexity index is 1720. The number of benzene rings is 2. The van der Waals surface area contributed by atoms with Crippen LogP contribution in [-0.4, -0.2) is 76.3 Å². The molecular formula is C36H47N9O7. The second kappa shape index (κ2) is 21.4. The molecule has 5 amide bonds. The van der Waals surface area contributed by atoms with Crippen LogP contribution in [0.5, 0.6) is 0 Å². The molecule has 0 saturated carbocycles. The van der Waals surface area contributed by atoms with Gasteiger partial charge in [0.05, 0.1) is 6.42 Å². The van der Waals surface area contributed by atoms with Crippen molar-refractivity contribution in [1.29, 1.82) is 0 Å². The fourth-order valence-corrected chi connectivity index (χ4v) is 5.64. The summed E-state index contributed by atoms with van der Waals surface area (Å²) in [5, 5.41) is 24.3. The zero-order valence-electron chi connectivity index (χ0n) is 29.2. The van der Waals surface area contributed by atoms with E-state index in [4.69, 9.17) is 11.3 Å². The van der Waals surface area contributed by atoms with Crippen LogP contribution in [-0.2, 0) is 41.6 Å². The number of rotatable bonds is 23. The van der Waals surface area contributed by atoms with Gasteiger partial charge in [0, 0.05) is 47.8 Å². The quantitative estimate of drug-likeness (QED) is 0.0333. The Kier molecular flexibility index (Phi) is 16.6. The van der Waals surface area contributed by atoms with E-state index in [1.807, 2.05) is 31.2 Å². The highest BCUT2D eigenvalue weighted by Gasteiger charge is 2.32. The zero-order valence-corrected chi connectivity index (χ0v) is 29.2. The molecule has 52 heavy (non-hydrogen) atoms. The predicted octanol–water partition coefficient (Wildman–Crippen LogP) is 2.91. The second-order valence-electron chi connectivity index (χ2n) is 12.5. The van der Waals surface area contributed by atoms with Crippen LogP contribution in [0.2, 0.25) is 0 Å². The number of nitrogens with one attached hydrogen (secondary N) is 5. The predicted molar refractivity (Wildman–Crippen MR) is 193 cm³/mol. The molecule has 1 heterocycles. The molecule has 16 nitrogen and oxygen atoms in total. The number of carboxylic acid groups (broad SMARTS) is 1. The topological polar surface area (TPSA) is 261 Å². The second-order valence-corrected chi connectivity index (χ2v) is 12.5. The molecule has 16 heteroatoms. The minimum absolute atomic E-state index is 0.0458. The van der Waals surface area contributed by atoms with Crippen LogP contribution in [0.1, 0.15) is 69.4 Å². The molecule has 0 spiro atoms. The first-order valence-corrected chi connectivity index (χ1v) is 17.3. The number of hydrogen-bond acceptors (Lipinski definition) is 7. The molecule has 3 rings (SSSR count). The molecule has 0 bridgehead atoms. The van der Waals surface area contributed by atoms with Gasteiger partial charge in [-0.2, -0.15) is 0 Å². The molecule has 0 radical (unpaired) electrons. The number of nitrogens with zero attached hydrogens (tertiary/aromatic N) is 3. The SMILES string of the molecule is CCCC[C@H](NC(=O)[C@H](Cc1c[nH]c2ccccc12)NC(=O)CCCCCN=[N+]=[N-])C(=O)N[C@@H](CC(=O)O)C(=O)N[C@@H](Cc1ccccc1)C(N)=O. The first-order chi connectivity index (χ1) is 25.0. The Balaban J connectivity index is 1.78. The number of H-pyrrole nitrogens is 1. The van der Waals surface area contributed by atoms with Crippen molar-refractivity contribution < 1.29 is 33.9 Å². The van der Waals surface area contributed by atoms with Gasteiger partial charge < -0.3 is 37.1 Å². The lowest BCUT2D eigenvalue weighted by Crippen LogP contribution is -2.58. The van der Waals surface area contributed by atoms with Crippen molar-refractivity contribution in [2.45, 2.75) is 95.3 Å². The molecular weight excluding hydrogens is 670 g/mol. The minimum atomic E-state index is -1.59. The van der Waals surface area contributed by atoms with Gasteiger partial charge in [-0.05, 0) is 42.0 Å². The summed E-state index contributed by atoms with van der Waals surface area (Å²) in [6.07, 6.45) is 4.30. The number of carbonyl (C=O) groups is 6. The zero-order chi connectivity index (χ0) is 37.9. The molecule has 0 aliphatic rings. The molecule has 278 valence electrons. The molecule has 4 atom stereocenters. The third-order valence-corrected chi connectivity index (χ3v) is 8.41. The highest BCUT2D eigenvalue weighted by atomic mass is 16.4. The molecule has 0 fully saturated rings. The molecule has 8 N–H and O–H groups in total. The molecule has 3 aromatic rings. The van der Waals surface area contributed by atoms with E-state index in [0.29, 0.717) is 44.2 Å². The van der Waals surface area contributed by atoms with Crippen molar-refractivity contribution in [2.75, 3.05) is 6.54 Å². The van der Waals surface area contributed by atoms with Gasteiger partial charge in [-0.25, -0.2) is 0 Å². The van der Waals surface area contributed by atoms with E-state index in [1.165, 1.54) is 0 Å². The lowest BCUT2D eigenvalue weighted by atomic mass is 10.0. The minimum Gasteiger partial charge on any atom is -0.481 e. The first-order valence-electron chi connectivity index (χ1n) is 17.3. The van der Waals surface area contributed by atoms with Crippen molar-refractivity contribution in [3.05, 3.63) is 82.4 Å². The number of azide groups is 1. The van der Waals surface area contributed by atoms with Crippen molar-refractivity contribution in [3.63, 3.8) is 0 Å². The summed E-state index contributed by atoms with van der Waals surface area (Å²) in [6.45, 7) is 2.21. The Labute approximate surface area is 301 Å². The highest BCUT2D eigenvalue weighted by molar-refractivity contribution is 5.97. The Hall–Kier alpha value is -5.89. The lowest BCUT2D eigenvalue weighted by molar-refractivity contribution is -0.141. The maximum atomic E-state index is 13.9. The number of fused-ring (bicyclic) bond motifs is 1. The Morgan fingerprint density at radius 2 is 1.46 bits per heavy atom. The van der Waals surface area contributed by atoms with Gasteiger partial charge in [0.1, 0.15) is 24.2 Å². The molecule has 2 aromatic carbocycles. The summed E-state index contributed by atoms with van der Waals surface area (Å²) in [6, 6.07) is 11.2. The monoisotopic (exact) mass is 717 g/mol. The number of hydrogen-bond donors (Lipinski definition) is 7. The van der Waals surface area contributed by atoms with Crippen molar-refractivity contribution in [2.24, 2.45) is 10.8 Å². The van der Waals surface area contributed by atoms with Gasteiger partial charge in [-0.15, -0.1) is 0 Å². The number of nitrogens with two attached hydrogens (primary N) is 1. The van der Waals surface area contributed by atoms with E-state index in [0.717, 1.165) is 16.5 Å². The molecule has 0 aliphatic carbocycles. The number of primary amides is 1. The van der Waals surface area contributed by atoms with Gasteiger partial charge in [-0.1, -0.05) is 79.8 Å². The smallest absolute Gasteiger partial charge is 0.305 e. The number of aromatic nitrogens is 1. The molecule has 0 unspecified atom stereocenters. The third kappa shape index (κ3) is 13.4. The van der Waals surface area contributed by atoms with Crippen LogP contribution in [0.3, 0.4) is 0 Å². The standard InChI is InChI=1S/C36H47N9O7/c1-2-3-15-27(34(50)44-30(21-32(47)48)36(52)43-28(33(37)49)19-23-12-6-4-7-13-23)42-35(51)29(41-31(46)17-8-5-11-18-40-45-38)20-24-22-39-26-16-10-9-14-25(24)26/h4,6-7,9-10,12-14,16,22,27-30,39H,2-3,5,8,11,15,17-21H2,1H3,(H2,37,49)(H,41,46)(H,42,51)(H,43,52)(H,44,50)(H,47,48)/t27-,28-,29-,30-/m0/s1. The number of unbranched alkanes of at least 4 members (excludes halogenated alkanes) is 3. The Morgan fingerprint density at radius 1 is 0.808 bits per heavy atom. The average molecular weight is 718 g/mol. The van der Waals surface area contributed by atoms with Crippen LogP contribution in [0.4, 0.5) is 0 Å². The third-order valence-electron chi connectivity index (χ3n) is 8.41. The number of carboxylic acids is 1. The molecule has 0 saturated heterocycles. The lowest BCUT2D eigenvalue weighted by Gasteiger charge is -2.26. The van der Waals surface area contributed by atoms with Crippen LogP contribution < -0.4 is 27.0 Å². The van der Waals surface area contributed by atoms with Crippen LogP contribution >= 0.6 is 0 Å². The summed E-state index contributed by atoms with van der Waals surface area (Å²) in [7, 11) is 0. The highest BCUT2D eigenvalue weighted by Crippen LogP contribution is 2.19. The van der Waals surface area contributed by atoms with E-state index in [9.17, 15) is 33.9 Å². The normalized spacial score (nSPS) is 13.1. The van der Waals surface area contributed by atoms with Crippen molar-refractivity contribution in [3.8, 4) is 0 Å². The number of aromatic amines is 1. The first kappa shape index (κ1) is 40.5. The number of amides is 5. The van der Waals surface area contributed by atoms with E-state index >= 15 is 0 Å². The van der Waals surface area contributed by atoms with E-state index in [2.05, 4.69) is 36.3 Å². The fraction of sp³-hybridized carbons (Fsp3) is 0.444. The van der Waals surface area contributed by atoms with Gasteiger partial charge in [0.2, 0.25) is 29.5 Å². The maximum absolute atomic E-state index is 13.9. The summed E-state index contributed by atoms with van der Waals surface area (Å²) in [5.74, 6) is -4.99. The van der Waals surface area contributed by atoms with Gasteiger partial charge in [0.15, 0.2) is 0 Å². The van der Waals surface area contributed by atoms with Crippen molar-refractivity contribution in [1.82, 2.24) is 26.3 Å². The fourth-order valence-electron chi connectivity index (χ4n) is 5.64. The van der Waals surface area contributed by atoms with Gasteiger partial charge >= 0.3 is 5.97 Å². The van der Waals surface area contributed by atoms with Gasteiger partial charge in [0.25, 0.3) is 0 Å². The molecule has 1 aromatic heterocycles. The van der Waals surface area contributed by atoms with Gasteiger partial charge in [-0.3, -0.25) is 28.8 Å². The van der Waals surface area contributed by atoms with Crippen LogP contribution in [0.25, 0.3) is 21.3 Å². The number of carbonyl (C=O) groups excluding carboxylic acids is 5. The van der Waals surface area contributed by atoms with E-state index < -0.39 is 60.2 Å².